The number of hydrogen-bond acceptors (Lipinski definition) is 4. The van der Waals surface area contributed by atoms with Crippen molar-refractivity contribution in [2.24, 2.45) is 11.7 Å². The van der Waals surface area contributed by atoms with Crippen LogP contribution in [0.25, 0.3) is 0 Å². The second-order valence-electron chi connectivity index (χ2n) is 4.84. The summed E-state index contributed by atoms with van der Waals surface area (Å²) in [7, 11) is 0. The standard InChI is InChI=1S/C12H19F3N2O3/c1-2-20-11(19)9(16)10(18)17-8-5-3-4-7(6-8)12(13,14)15/h7-9H,2-6,16H2,1H3,(H,17,18). The summed E-state index contributed by atoms with van der Waals surface area (Å²) in [5, 5.41) is 2.40. The van der Waals surface area contributed by atoms with Gasteiger partial charge in [-0.1, -0.05) is 6.42 Å². The Morgan fingerprint density at radius 1 is 1.40 bits per heavy atom. The van der Waals surface area contributed by atoms with Gasteiger partial charge in [0.1, 0.15) is 0 Å². The fourth-order valence-corrected chi connectivity index (χ4v) is 2.25. The summed E-state index contributed by atoms with van der Waals surface area (Å²) in [6.07, 6.45) is -3.53. The largest absolute Gasteiger partial charge is 0.464 e. The summed E-state index contributed by atoms with van der Waals surface area (Å²) in [6, 6.07) is -2.11. The molecular formula is C12H19F3N2O3. The molecule has 0 bridgehead atoms. The van der Waals surface area contributed by atoms with E-state index in [-0.39, 0.29) is 19.4 Å². The van der Waals surface area contributed by atoms with Gasteiger partial charge in [0.15, 0.2) is 6.04 Å². The van der Waals surface area contributed by atoms with Crippen LogP contribution in [0.5, 0.6) is 0 Å². The van der Waals surface area contributed by atoms with Gasteiger partial charge in [-0.05, 0) is 26.2 Å². The Balaban J connectivity index is 2.51. The molecule has 1 aliphatic carbocycles. The van der Waals surface area contributed by atoms with Crippen LogP contribution in [0.15, 0.2) is 0 Å². The first kappa shape index (κ1) is 16.7. The molecule has 0 saturated heterocycles. The molecule has 3 N–H and O–H groups in total. The van der Waals surface area contributed by atoms with Crippen molar-refractivity contribution in [1.82, 2.24) is 5.32 Å². The highest BCUT2D eigenvalue weighted by atomic mass is 19.4. The van der Waals surface area contributed by atoms with Crippen molar-refractivity contribution in [2.45, 2.75) is 50.9 Å². The highest BCUT2D eigenvalue weighted by molar-refractivity contribution is 6.01. The maximum atomic E-state index is 12.6. The first-order valence-electron chi connectivity index (χ1n) is 6.55. The van der Waals surface area contributed by atoms with Crippen molar-refractivity contribution in [1.29, 1.82) is 0 Å². The zero-order chi connectivity index (χ0) is 15.3. The molecule has 0 spiro atoms. The van der Waals surface area contributed by atoms with Crippen molar-refractivity contribution < 1.29 is 27.5 Å². The fraction of sp³-hybridized carbons (Fsp3) is 0.833. The van der Waals surface area contributed by atoms with Gasteiger partial charge in [0, 0.05) is 6.04 Å². The average Bonchev–Trinajstić information content (AvgIpc) is 2.37. The molecule has 1 fully saturated rings. The van der Waals surface area contributed by atoms with E-state index in [1.54, 1.807) is 6.92 Å². The second kappa shape index (κ2) is 6.92. The molecule has 0 aromatic carbocycles. The summed E-state index contributed by atoms with van der Waals surface area (Å²) >= 11 is 0. The number of carbonyl (C=O) groups is 2. The van der Waals surface area contributed by atoms with Gasteiger partial charge < -0.3 is 15.8 Å². The van der Waals surface area contributed by atoms with Gasteiger partial charge in [-0.2, -0.15) is 13.2 Å². The first-order chi connectivity index (χ1) is 9.25. The van der Waals surface area contributed by atoms with Crippen molar-refractivity contribution in [3.8, 4) is 0 Å². The Morgan fingerprint density at radius 3 is 2.60 bits per heavy atom. The third-order valence-corrected chi connectivity index (χ3v) is 3.31. The Labute approximate surface area is 115 Å². The molecule has 8 heteroatoms. The summed E-state index contributed by atoms with van der Waals surface area (Å²) in [4.78, 5) is 22.9. The smallest absolute Gasteiger partial charge is 0.391 e. The van der Waals surface area contributed by atoms with Crippen molar-refractivity contribution >= 4 is 11.9 Å². The van der Waals surface area contributed by atoms with E-state index in [1.807, 2.05) is 0 Å². The van der Waals surface area contributed by atoms with E-state index in [4.69, 9.17) is 5.73 Å². The number of hydrogen-bond donors (Lipinski definition) is 2. The molecule has 0 aromatic rings. The van der Waals surface area contributed by atoms with Crippen LogP contribution in [0.2, 0.25) is 0 Å². The zero-order valence-corrected chi connectivity index (χ0v) is 11.2. The minimum atomic E-state index is -4.26. The molecule has 1 saturated carbocycles. The summed E-state index contributed by atoms with van der Waals surface area (Å²) < 4.78 is 42.5. The molecular weight excluding hydrogens is 277 g/mol. The highest BCUT2D eigenvalue weighted by Crippen LogP contribution is 2.37. The lowest BCUT2D eigenvalue weighted by molar-refractivity contribution is -0.184. The number of ether oxygens (including phenoxy) is 1. The van der Waals surface area contributed by atoms with Gasteiger partial charge in [0.05, 0.1) is 12.5 Å². The van der Waals surface area contributed by atoms with E-state index in [1.165, 1.54) is 0 Å². The minimum Gasteiger partial charge on any atom is -0.464 e. The number of halogens is 3. The molecule has 0 heterocycles. The number of rotatable bonds is 4. The Hall–Kier alpha value is -1.31. The van der Waals surface area contributed by atoms with Crippen LogP contribution >= 0.6 is 0 Å². The lowest BCUT2D eigenvalue weighted by atomic mass is 9.85. The van der Waals surface area contributed by atoms with Gasteiger partial charge in [-0.3, -0.25) is 4.79 Å². The first-order valence-corrected chi connectivity index (χ1v) is 6.55. The normalized spacial score (nSPS) is 24.9. The number of nitrogens with one attached hydrogen (secondary N) is 1. The average molecular weight is 296 g/mol. The van der Waals surface area contributed by atoms with Gasteiger partial charge in [-0.25, -0.2) is 4.79 Å². The van der Waals surface area contributed by atoms with Gasteiger partial charge >= 0.3 is 12.1 Å². The molecule has 0 radical (unpaired) electrons. The highest BCUT2D eigenvalue weighted by Gasteiger charge is 2.42. The van der Waals surface area contributed by atoms with Crippen molar-refractivity contribution in [2.75, 3.05) is 6.61 Å². The van der Waals surface area contributed by atoms with E-state index in [0.29, 0.717) is 12.8 Å². The summed E-state index contributed by atoms with van der Waals surface area (Å²) in [6.45, 7) is 1.65. The Morgan fingerprint density at radius 2 is 2.05 bits per heavy atom. The van der Waals surface area contributed by atoms with Crippen molar-refractivity contribution in [3.63, 3.8) is 0 Å². The Kier molecular flexibility index (Phi) is 5.79. The lowest BCUT2D eigenvalue weighted by Gasteiger charge is -2.31. The van der Waals surface area contributed by atoms with Crippen LogP contribution in [0.3, 0.4) is 0 Å². The molecule has 3 unspecified atom stereocenters. The minimum absolute atomic E-state index is 0.0692. The molecule has 116 valence electrons. The molecule has 0 aromatic heterocycles. The third kappa shape index (κ3) is 4.66. The van der Waals surface area contributed by atoms with Gasteiger partial charge in [0.25, 0.3) is 0 Å². The topological polar surface area (TPSA) is 81.4 Å². The summed E-state index contributed by atoms with van der Waals surface area (Å²) in [5.41, 5.74) is 5.38. The fourth-order valence-electron chi connectivity index (χ4n) is 2.25. The van der Waals surface area contributed by atoms with Crippen LogP contribution in [-0.4, -0.2) is 36.7 Å². The molecule has 20 heavy (non-hydrogen) atoms. The quantitative estimate of drug-likeness (QED) is 0.601. The number of amides is 1. The van der Waals surface area contributed by atoms with E-state index >= 15 is 0 Å². The van der Waals surface area contributed by atoms with Crippen LogP contribution in [0.1, 0.15) is 32.6 Å². The monoisotopic (exact) mass is 296 g/mol. The van der Waals surface area contributed by atoms with Crippen LogP contribution in [-0.2, 0) is 14.3 Å². The molecule has 3 atom stereocenters. The van der Waals surface area contributed by atoms with Crippen LogP contribution in [0.4, 0.5) is 13.2 Å². The summed E-state index contributed by atoms with van der Waals surface area (Å²) in [5.74, 6) is -3.09. The number of alkyl halides is 3. The lowest BCUT2D eigenvalue weighted by Crippen LogP contribution is -2.51. The number of carbonyl (C=O) groups excluding carboxylic acids is 2. The second-order valence-corrected chi connectivity index (χ2v) is 4.84. The molecule has 1 rings (SSSR count). The van der Waals surface area contributed by atoms with E-state index in [2.05, 4.69) is 10.1 Å². The SMILES string of the molecule is CCOC(=O)C(N)C(=O)NC1CCCC(C(F)(F)F)C1. The molecule has 5 nitrogen and oxygen atoms in total. The maximum Gasteiger partial charge on any atom is 0.391 e. The van der Waals surface area contributed by atoms with Gasteiger partial charge in [0.2, 0.25) is 5.91 Å². The van der Waals surface area contributed by atoms with Crippen LogP contribution in [0, 0.1) is 5.92 Å². The predicted octanol–water partition coefficient (Wildman–Crippen LogP) is 1.11. The third-order valence-electron chi connectivity index (χ3n) is 3.31. The molecule has 1 aliphatic rings. The zero-order valence-electron chi connectivity index (χ0n) is 11.2. The Bertz CT molecular complexity index is 360. The molecule has 1 amide bonds. The van der Waals surface area contributed by atoms with E-state index in [0.717, 1.165) is 0 Å². The van der Waals surface area contributed by atoms with E-state index in [9.17, 15) is 22.8 Å². The van der Waals surface area contributed by atoms with E-state index < -0.39 is 36.1 Å². The number of nitrogens with two attached hydrogens (primary N) is 1. The predicted molar refractivity (Wildman–Crippen MR) is 64.6 cm³/mol. The van der Waals surface area contributed by atoms with Crippen LogP contribution < -0.4 is 11.1 Å². The van der Waals surface area contributed by atoms with Gasteiger partial charge in [-0.15, -0.1) is 0 Å². The van der Waals surface area contributed by atoms with Crippen molar-refractivity contribution in [3.05, 3.63) is 0 Å². The maximum absolute atomic E-state index is 12.6. The molecule has 0 aliphatic heterocycles. The number of esters is 1.